The second kappa shape index (κ2) is 6.75. The van der Waals surface area contributed by atoms with Crippen molar-refractivity contribution in [3.63, 3.8) is 0 Å². The average molecular weight is 345 g/mol. The minimum Gasteiger partial charge on any atom is -0.481 e. The molecule has 0 saturated carbocycles. The number of hydrogen-bond donors (Lipinski definition) is 2. The van der Waals surface area contributed by atoms with Crippen LogP contribution in [0.3, 0.4) is 0 Å². The summed E-state index contributed by atoms with van der Waals surface area (Å²) in [4.78, 5) is 11.1. The summed E-state index contributed by atoms with van der Waals surface area (Å²) in [5.41, 5.74) is 2.74. The molecule has 0 saturated heterocycles. The SMILES string of the molecule is O=C(O)CC(NS(=O)(=O)C1Cc2ccccc2C1)c1ccccc1. The van der Waals surface area contributed by atoms with Gasteiger partial charge in [-0.1, -0.05) is 54.6 Å². The maximum atomic E-state index is 12.8. The molecule has 24 heavy (non-hydrogen) atoms. The normalized spacial score (nSPS) is 15.8. The van der Waals surface area contributed by atoms with Gasteiger partial charge in [0.15, 0.2) is 0 Å². The van der Waals surface area contributed by atoms with Crippen LogP contribution in [0.5, 0.6) is 0 Å². The average Bonchev–Trinajstić information content (AvgIpc) is 2.99. The van der Waals surface area contributed by atoms with Gasteiger partial charge in [0.25, 0.3) is 0 Å². The van der Waals surface area contributed by atoms with Gasteiger partial charge in [-0.25, -0.2) is 13.1 Å². The van der Waals surface area contributed by atoms with E-state index in [2.05, 4.69) is 4.72 Å². The van der Waals surface area contributed by atoms with Crippen molar-refractivity contribution in [3.05, 3.63) is 71.3 Å². The Bertz CT molecular complexity index is 808. The van der Waals surface area contributed by atoms with E-state index in [1.807, 2.05) is 30.3 Å². The van der Waals surface area contributed by atoms with Gasteiger partial charge in [-0.3, -0.25) is 4.79 Å². The molecule has 0 amide bonds. The third kappa shape index (κ3) is 3.66. The van der Waals surface area contributed by atoms with E-state index in [4.69, 9.17) is 5.11 Å². The first-order valence-corrected chi connectivity index (χ1v) is 9.35. The van der Waals surface area contributed by atoms with Gasteiger partial charge in [0.05, 0.1) is 17.7 Å². The van der Waals surface area contributed by atoms with Crippen LogP contribution < -0.4 is 4.72 Å². The summed E-state index contributed by atoms with van der Waals surface area (Å²) in [5.74, 6) is -1.04. The first kappa shape index (κ1) is 16.7. The van der Waals surface area contributed by atoms with E-state index in [0.29, 0.717) is 18.4 Å². The van der Waals surface area contributed by atoms with Gasteiger partial charge in [-0.2, -0.15) is 0 Å². The lowest BCUT2D eigenvalue weighted by atomic mass is 10.1. The fourth-order valence-corrected chi connectivity index (χ4v) is 4.73. The molecule has 2 aromatic rings. The monoisotopic (exact) mass is 345 g/mol. The second-order valence-corrected chi connectivity index (χ2v) is 8.02. The highest BCUT2D eigenvalue weighted by atomic mass is 32.2. The van der Waals surface area contributed by atoms with Crippen molar-refractivity contribution >= 4 is 16.0 Å². The van der Waals surface area contributed by atoms with Gasteiger partial charge in [-0.05, 0) is 29.5 Å². The third-order valence-electron chi connectivity index (χ3n) is 4.34. The molecule has 1 unspecified atom stereocenters. The van der Waals surface area contributed by atoms with Crippen molar-refractivity contribution in [2.24, 2.45) is 0 Å². The lowest BCUT2D eigenvalue weighted by molar-refractivity contribution is -0.137. The number of hydrogen-bond acceptors (Lipinski definition) is 3. The van der Waals surface area contributed by atoms with Crippen LogP contribution in [0.15, 0.2) is 54.6 Å². The summed E-state index contributed by atoms with van der Waals surface area (Å²) < 4.78 is 28.1. The molecule has 126 valence electrons. The largest absolute Gasteiger partial charge is 0.481 e. The standard InChI is InChI=1S/C18H19NO4S/c20-18(21)12-17(13-6-2-1-3-7-13)19-24(22,23)16-10-14-8-4-5-9-15(14)11-16/h1-9,16-17,19H,10-12H2,(H,20,21). The zero-order valence-corrected chi connectivity index (χ0v) is 13.9. The van der Waals surface area contributed by atoms with E-state index in [1.165, 1.54) is 0 Å². The van der Waals surface area contributed by atoms with Gasteiger partial charge in [0, 0.05) is 0 Å². The van der Waals surface area contributed by atoms with Gasteiger partial charge in [0.2, 0.25) is 10.0 Å². The third-order valence-corrected chi connectivity index (χ3v) is 6.16. The fraction of sp³-hybridized carbons (Fsp3) is 0.278. The Morgan fingerprint density at radius 2 is 1.58 bits per heavy atom. The number of rotatable bonds is 6. The van der Waals surface area contributed by atoms with Crippen LogP contribution >= 0.6 is 0 Å². The molecule has 0 heterocycles. The first-order chi connectivity index (χ1) is 11.5. The first-order valence-electron chi connectivity index (χ1n) is 7.80. The van der Waals surface area contributed by atoms with Gasteiger partial charge in [-0.15, -0.1) is 0 Å². The van der Waals surface area contributed by atoms with E-state index in [9.17, 15) is 13.2 Å². The molecule has 0 aliphatic heterocycles. The highest BCUT2D eigenvalue weighted by Crippen LogP contribution is 2.28. The number of fused-ring (bicyclic) bond motifs is 1. The topological polar surface area (TPSA) is 83.5 Å². The van der Waals surface area contributed by atoms with Crippen LogP contribution in [-0.4, -0.2) is 24.7 Å². The Morgan fingerprint density at radius 3 is 2.12 bits per heavy atom. The molecule has 0 fully saturated rings. The van der Waals surface area contributed by atoms with Crippen molar-refractivity contribution in [3.8, 4) is 0 Å². The van der Waals surface area contributed by atoms with Crippen molar-refractivity contribution in [1.82, 2.24) is 4.72 Å². The molecule has 5 nitrogen and oxygen atoms in total. The molecule has 2 N–H and O–H groups in total. The van der Waals surface area contributed by atoms with Crippen molar-refractivity contribution in [2.45, 2.75) is 30.6 Å². The lowest BCUT2D eigenvalue weighted by Crippen LogP contribution is -2.38. The predicted molar refractivity (Wildman–Crippen MR) is 91.1 cm³/mol. The summed E-state index contributed by atoms with van der Waals surface area (Å²) in [6.07, 6.45) is 0.628. The molecular weight excluding hydrogens is 326 g/mol. The van der Waals surface area contributed by atoms with Crippen LogP contribution in [0.1, 0.15) is 29.2 Å². The van der Waals surface area contributed by atoms with Crippen LogP contribution in [0.2, 0.25) is 0 Å². The summed E-state index contributed by atoms with van der Waals surface area (Å²) in [7, 11) is -3.63. The number of sulfonamides is 1. The van der Waals surface area contributed by atoms with E-state index in [-0.39, 0.29) is 6.42 Å². The Morgan fingerprint density at radius 1 is 1.04 bits per heavy atom. The maximum absolute atomic E-state index is 12.8. The number of carbonyl (C=O) groups is 1. The van der Waals surface area contributed by atoms with Crippen LogP contribution in [0.25, 0.3) is 0 Å². The van der Waals surface area contributed by atoms with E-state index in [1.54, 1.807) is 24.3 Å². The van der Waals surface area contributed by atoms with Crippen molar-refractivity contribution in [2.75, 3.05) is 0 Å². The van der Waals surface area contributed by atoms with Crippen LogP contribution in [0.4, 0.5) is 0 Å². The highest BCUT2D eigenvalue weighted by Gasteiger charge is 2.34. The molecule has 1 aliphatic rings. The number of carboxylic acid groups (broad SMARTS) is 1. The quantitative estimate of drug-likeness (QED) is 0.841. The zero-order valence-electron chi connectivity index (χ0n) is 13.1. The summed E-state index contributed by atoms with van der Waals surface area (Å²) >= 11 is 0. The molecule has 1 aliphatic carbocycles. The second-order valence-electron chi connectivity index (χ2n) is 6.02. The summed E-state index contributed by atoms with van der Waals surface area (Å²) in [6, 6.07) is 15.7. The zero-order chi connectivity index (χ0) is 17.2. The molecular formula is C18H19NO4S. The Kier molecular flexibility index (Phi) is 4.69. The smallest absolute Gasteiger partial charge is 0.305 e. The number of carboxylic acids is 1. The minimum atomic E-state index is -3.63. The molecule has 6 heteroatoms. The molecule has 0 radical (unpaired) electrons. The molecule has 1 atom stereocenters. The van der Waals surface area contributed by atoms with Crippen LogP contribution in [0, 0.1) is 0 Å². The Labute approximate surface area is 141 Å². The van der Waals surface area contributed by atoms with Gasteiger partial charge >= 0.3 is 5.97 Å². The summed E-state index contributed by atoms with van der Waals surface area (Å²) in [5, 5.41) is 8.55. The van der Waals surface area contributed by atoms with Gasteiger partial charge in [0.1, 0.15) is 0 Å². The molecule has 2 aromatic carbocycles. The molecule has 0 spiro atoms. The maximum Gasteiger partial charge on any atom is 0.305 e. The summed E-state index contributed by atoms with van der Waals surface area (Å²) in [6.45, 7) is 0. The highest BCUT2D eigenvalue weighted by molar-refractivity contribution is 7.90. The molecule has 0 aromatic heterocycles. The predicted octanol–water partition coefficient (Wildman–Crippen LogP) is 2.29. The van der Waals surface area contributed by atoms with Gasteiger partial charge < -0.3 is 5.11 Å². The van der Waals surface area contributed by atoms with Crippen LogP contribution in [-0.2, 0) is 27.7 Å². The number of nitrogens with one attached hydrogen (secondary N) is 1. The van der Waals surface area contributed by atoms with E-state index >= 15 is 0 Å². The Hall–Kier alpha value is -2.18. The van der Waals surface area contributed by atoms with Crippen molar-refractivity contribution < 1.29 is 18.3 Å². The van der Waals surface area contributed by atoms with Crippen molar-refractivity contribution in [1.29, 1.82) is 0 Å². The van der Waals surface area contributed by atoms with E-state index < -0.39 is 27.3 Å². The number of aliphatic carboxylic acids is 1. The van der Waals surface area contributed by atoms with E-state index in [0.717, 1.165) is 11.1 Å². The number of benzene rings is 2. The molecule has 0 bridgehead atoms. The fourth-order valence-electron chi connectivity index (χ4n) is 3.12. The lowest BCUT2D eigenvalue weighted by Gasteiger charge is -2.20. The molecule has 3 rings (SSSR count). The minimum absolute atomic E-state index is 0.289. The Balaban J connectivity index is 1.80.